The second-order valence-corrected chi connectivity index (χ2v) is 14.7. The third-order valence-electron chi connectivity index (χ3n) is 8.43. The quantitative estimate of drug-likeness (QED) is 0.166. The van der Waals surface area contributed by atoms with Crippen molar-refractivity contribution in [2.75, 3.05) is 10.8 Å². The zero-order valence-electron chi connectivity index (χ0n) is 26.3. The summed E-state index contributed by atoms with van der Waals surface area (Å²) in [6.45, 7) is 1.52. The highest BCUT2D eigenvalue weighted by Crippen LogP contribution is 2.28. The van der Waals surface area contributed by atoms with E-state index in [-0.39, 0.29) is 35.5 Å². The minimum Gasteiger partial charge on any atom is -0.352 e. The van der Waals surface area contributed by atoms with Gasteiger partial charge in [-0.2, -0.15) is 0 Å². The summed E-state index contributed by atoms with van der Waals surface area (Å²) in [6, 6.07) is 28.6. The van der Waals surface area contributed by atoms with Crippen LogP contribution in [0.2, 0.25) is 10.0 Å². The van der Waals surface area contributed by atoms with Gasteiger partial charge in [-0.3, -0.25) is 13.9 Å². The molecule has 0 saturated heterocycles. The Morgan fingerprint density at radius 3 is 2.17 bits per heavy atom. The van der Waals surface area contributed by atoms with E-state index in [4.69, 9.17) is 23.2 Å². The molecule has 0 unspecified atom stereocenters. The average Bonchev–Trinajstić information content (AvgIpc) is 3.06. The predicted molar refractivity (Wildman–Crippen MR) is 188 cm³/mol. The number of carbonyl (C=O) groups excluding carboxylic acids is 2. The molecule has 1 fully saturated rings. The topological polar surface area (TPSA) is 86.8 Å². The number of hydrogen-bond acceptors (Lipinski definition) is 4. The van der Waals surface area contributed by atoms with Gasteiger partial charge in [0.25, 0.3) is 10.0 Å². The number of hydrogen-bond donors (Lipinski definition) is 1. The number of halogens is 2. The molecule has 1 aliphatic rings. The number of sulfonamides is 1. The molecule has 47 heavy (non-hydrogen) atoms. The van der Waals surface area contributed by atoms with Crippen molar-refractivity contribution < 1.29 is 18.0 Å². The van der Waals surface area contributed by atoms with Crippen LogP contribution in [0.1, 0.15) is 48.8 Å². The Kier molecular flexibility index (Phi) is 11.6. The van der Waals surface area contributed by atoms with Gasteiger partial charge in [-0.15, -0.1) is 0 Å². The van der Waals surface area contributed by atoms with Crippen molar-refractivity contribution in [3.63, 3.8) is 0 Å². The van der Waals surface area contributed by atoms with Gasteiger partial charge in [0, 0.05) is 29.1 Å². The van der Waals surface area contributed by atoms with E-state index in [2.05, 4.69) is 5.32 Å². The number of amides is 2. The summed E-state index contributed by atoms with van der Waals surface area (Å²) >= 11 is 12.4. The lowest BCUT2D eigenvalue weighted by Gasteiger charge is -2.35. The van der Waals surface area contributed by atoms with E-state index < -0.39 is 28.5 Å². The van der Waals surface area contributed by atoms with Gasteiger partial charge in [0.15, 0.2) is 0 Å². The van der Waals surface area contributed by atoms with Crippen molar-refractivity contribution in [2.24, 2.45) is 0 Å². The third kappa shape index (κ3) is 9.15. The van der Waals surface area contributed by atoms with Crippen molar-refractivity contribution >= 4 is 50.7 Å². The SMILES string of the molecule is Cc1cccc(CN(C(=O)CN(c2cccc(Cl)c2)S(=O)(=O)c2ccc(Cl)cc2)[C@H](Cc2ccccc2)C(=O)NC2CCCCC2)c1. The summed E-state index contributed by atoms with van der Waals surface area (Å²) in [5.41, 5.74) is 2.95. The van der Waals surface area contributed by atoms with Gasteiger partial charge in [-0.25, -0.2) is 8.42 Å². The van der Waals surface area contributed by atoms with Crippen LogP contribution in [0.25, 0.3) is 0 Å². The molecule has 0 aromatic heterocycles. The molecule has 0 heterocycles. The number of nitrogens with zero attached hydrogens (tertiary/aromatic N) is 2. The van der Waals surface area contributed by atoms with Crippen molar-refractivity contribution in [3.05, 3.63) is 130 Å². The Bertz CT molecular complexity index is 1780. The molecule has 1 saturated carbocycles. The Morgan fingerprint density at radius 1 is 0.809 bits per heavy atom. The maximum atomic E-state index is 14.6. The molecule has 5 rings (SSSR count). The lowest BCUT2D eigenvalue weighted by molar-refractivity contribution is -0.140. The number of nitrogens with one attached hydrogen (secondary N) is 1. The summed E-state index contributed by atoms with van der Waals surface area (Å²) < 4.78 is 29.4. The van der Waals surface area contributed by atoms with Crippen molar-refractivity contribution in [2.45, 2.75) is 69.0 Å². The Balaban J connectivity index is 1.56. The standard InChI is InChI=1S/C37H39Cl2N3O4S/c1-27-10-8-13-29(22-27)25-41(35(23-28-11-4-2-5-12-28)37(44)40-32-15-6-3-7-16-32)36(43)26-42(33-17-9-14-31(39)24-33)47(45,46)34-20-18-30(38)19-21-34/h2,4-5,8-14,17-22,24,32,35H,3,6-7,15-16,23,25-26H2,1H3,(H,40,44)/t35-/m1/s1. The van der Waals surface area contributed by atoms with E-state index in [0.717, 1.165) is 53.1 Å². The minimum atomic E-state index is -4.26. The molecule has 0 spiro atoms. The summed E-state index contributed by atoms with van der Waals surface area (Å²) in [4.78, 5) is 30.3. The number of anilines is 1. The lowest BCUT2D eigenvalue weighted by Crippen LogP contribution is -2.55. The predicted octanol–water partition coefficient (Wildman–Crippen LogP) is 7.59. The van der Waals surface area contributed by atoms with Gasteiger partial charge in [-0.05, 0) is 73.4 Å². The van der Waals surface area contributed by atoms with Crippen LogP contribution in [0.15, 0.2) is 108 Å². The van der Waals surface area contributed by atoms with Crippen LogP contribution in [-0.4, -0.2) is 43.8 Å². The monoisotopic (exact) mass is 691 g/mol. The zero-order valence-corrected chi connectivity index (χ0v) is 28.6. The third-order valence-corrected chi connectivity index (χ3v) is 10.7. The molecule has 246 valence electrons. The highest BCUT2D eigenvalue weighted by atomic mass is 35.5. The summed E-state index contributed by atoms with van der Waals surface area (Å²) in [5, 5.41) is 3.93. The first-order chi connectivity index (χ1) is 22.6. The minimum absolute atomic E-state index is 0.0266. The van der Waals surface area contributed by atoms with E-state index in [1.807, 2.05) is 61.5 Å². The van der Waals surface area contributed by atoms with Gasteiger partial charge in [0.2, 0.25) is 11.8 Å². The Hall–Kier alpha value is -3.85. The van der Waals surface area contributed by atoms with E-state index in [1.54, 1.807) is 18.2 Å². The maximum absolute atomic E-state index is 14.6. The fourth-order valence-corrected chi connectivity index (χ4v) is 7.72. The molecular formula is C37H39Cl2N3O4S. The summed E-state index contributed by atoms with van der Waals surface area (Å²) in [5.74, 6) is -0.777. The highest BCUT2D eigenvalue weighted by Gasteiger charge is 2.35. The smallest absolute Gasteiger partial charge is 0.264 e. The van der Waals surface area contributed by atoms with Crippen LogP contribution >= 0.6 is 23.2 Å². The maximum Gasteiger partial charge on any atom is 0.264 e. The first-order valence-corrected chi connectivity index (χ1v) is 18.0. The van der Waals surface area contributed by atoms with Crippen LogP contribution < -0.4 is 9.62 Å². The molecule has 0 bridgehead atoms. The zero-order chi connectivity index (χ0) is 33.4. The summed E-state index contributed by atoms with van der Waals surface area (Å²) in [6.07, 6.45) is 5.25. The molecule has 2 amide bonds. The molecule has 10 heteroatoms. The van der Waals surface area contributed by atoms with Crippen molar-refractivity contribution in [3.8, 4) is 0 Å². The lowest BCUT2D eigenvalue weighted by atomic mass is 9.94. The van der Waals surface area contributed by atoms with Crippen LogP contribution in [-0.2, 0) is 32.6 Å². The van der Waals surface area contributed by atoms with Crippen LogP contribution in [0.5, 0.6) is 0 Å². The fourth-order valence-electron chi connectivity index (χ4n) is 6.00. The van der Waals surface area contributed by atoms with Crippen molar-refractivity contribution in [1.82, 2.24) is 10.2 Å². The van der Waals surface area contributed by atoms with Crippen molar-refractivity contribution in [1.29, 1.82) is 0 Å². The molecule has 1 aliphatic carbocycles. The number of aryl methyl sites for hydroxylation is 1. The van der Waals surface area contributed by atoms with E-state index in [0.29, 0.717) is 10.0 Å². The molecule has 7 nitrogen and oxygen atoms in total. The Morgan fingerprint density at radius 2 is 1.49 bits per heavy atom. The second-order valence-electron chi connectivity index (χ2n) is 12.0. The van der Waals surface area contributed by atoms with Gasteiger partial charge < -0.3 is 10.2 Å². The number of rotatable bonds is 12. The molecule has 4 aromatic carbocycles. The first kappa shape index (κ1) is 34.5. The number of benzene rings is 4. The molecule has 0 radical (unpaired) electrons. The van der Waals surface area contributed by atoms with E-state index in [9.17, 15) is 18.0 Å². The highest BCUT2D eigenvalue weighted by molar-refractivity contribution is 7.92. The van der Waals surface area contributed by atoms with E-state index in [1.165, 1.54) is 35.2 Å². The molecule has 4 aromatic rings. The molecular weight excluding hydrogens is 653 g/mol. The summed E-state index contributed by atoms with van der Waals surface area (Å²) in [7, 11) is -4.26. The molecule has 1 N–H and O–H groups in total. The van der Waals surface area contributed by atoms with Gasteiger partial charge in [0.1, 0.15) is 12.6 Å². The van der Waals surface area contributed by atoms with Crippen LogP contribution in [0.3, 0.4) is 0 Å². The normalized spacial score (nSPS) is 14.3. The van der Waals surface area contributed by atoms with E-state index >= 15 is 0 Å². The van der Waals surface area contributed by atoms with Crippen LogP contribution in [0.4, 0.5) is 5.69 Å². The van der Waals surface area contributed by atoms with Gasteiger partial charge >= 0.3 is 0 Å². The largest absolute Gasteiger partial charge is 0.352 e. The first-order valence-electron chi connectivity index (χ1n) is 15.8. The molecule has 0 aliphatic heterocycles. The fraction of sp³-hybridized carbons (Fsp3) is 0.297. The van der Waals surface area contributed by atoms with Gasteiger partial charge in [-0.1, -0.05) is 109 Å². The average molecular weight is 693 g/mol. The van der Waals surface area contributed by atoms with Gasteiger partial charge in [0.05, 0.1) is 10.6 Å². The Labute approximate surface area is 287 Å². The van der Waals surface area contributed by atoms with Crippen LogP contribution in [0, 0.1) is 6.92 Å². The molecule has 1 atom stereocenters. The second kappa shape index (κ2) is 15.8. The number of carbonyl (C=O) groups is 2.